The summed E-state index contributed by atoms with van der Waals surface area (Å²) in [6.07, 6.45) is 1.19. The highest BCUT2D eigenvalue weighted by Crippen LogP contribution is 2.23. The average Bonchev–Trinajstić information content (AvgIpc) is 2.53. The second kappa shape index (κ2) is 6.56. The number of esters is 1. The summed E-state index contributed by atoms with van der Waals surface area (Å²) in [6, 6.07) is 3.50. The zero-order chi connectivity index (χ0) is 14.5. The Hall–Kier alpha value is -1.82. The Morgan fingerprint density at radius 2 is 2.30 bits per heavy atom. The van der Waals surface area contributed by atoms with Gasteiger partial charge in [0.15, 0.2) is 0 Å². The lowest BCUT2D eigenvalue weighted by Gasteiger charge is -2.33. The van der Waals surface area contributed by atoms with Crippen LogP contribution < -0.4 is 9.64 Å². The Bertz CT molecular complexity index is 478. The Kier molecular flexibility index (Phi) is 4.79. The maximum absolute atomic E-state index is 11.6. The van der Waals surface area contributed by atoms with Gasteiger partial charge in [-0.05, 0) is 18.6 Å². The zero-order valence-electron chi connectivity index (χ0n) is 12.1. The van der Waals surface area contributed by atoms with Gasteiger partial charge in [0.2, 0.25) is 5.88 Å². The first-order valence-corrected chi connectivity index (χ1v) is 6.69. The third kappa shape index (κ3) is 3.01. The first kappa shape index (κ1) is 14.6. The van der Waals surface area contributed by atoms with Crippen molar-refractivity contribution in [3.8, 4) is 5.88 Å². The van der Waals surface area contributed by atoms with Crippen molar-refractivity contribution >= 4 is 11.8 Å². The van der Waals surface area contributed by atoms with Gasteiger partial charge < -0.3 is 19.1 Å². The molecule has 0 aromatic carbocycles. The van der Waals surface area contributed by atoms with Crippen LogP contribution >= 0.6 is 0 Å². The molecule has 0 aliphatic carbocycles. The molecule has 1 atom stereocenters. The molecule has 6 heteroatoms. The molecule has 2 rings (SSSR count). The van der Waals surface area contributed by atoms with Crippen LogP contribution in [0.4, 0.5) is 5.82 Å². The fourth-order valence-corrected chi connectivity index (χ4v) is 2.20. The number of anilines is 1. The third-order valence-corrected chi connectivity index (χ3v) is 3.36. The Labute approximate surface area is 118 Å². The normalized spacial score (nSPS) is 18.8. The quantitative estimate of drug-likeness (QED) is 0.779. The number of nitrogens with zero attached hydrogens (tertiary/aromatic N) is 2. The molecule has 0 radical (unpaired) electrons. The number of ether oxygens (including phenoxy) is 3. The van der Waals surface area contributed by atoms with E-state index in [1.165, 1.54) is 14.2 Å². The monoisotopic (exact) mass is 280 g/mol. The molecule has 0 spiro atoms. The van der Waals surface area contributed by atoms with Gasteiger partial charge in [-0.15, -0.1) is 0 Å². The Balaban J connectivity index is 2.22. The second-order valence-corrected chi connectivity index (χ2v) is 4.56. The van der Waals surface area contributed by atoms with Crippen LogP contribution in [0.5, 0.6) is 5.88 Å². The number of aromatic nitrogens is 1. The number of hydrogen-bond acceptors (Lipinski definition) is 6. The number of carbonyl (C=O) groups excluding carboxylic acids is 1. The number of morpholine rings is 1. The summed E-state index contributed by atoms with van der Waals surface area (Å²) in [4.78, 5) is 18.1. The van der Waals surface area contributed by atoms with Crippen molar-refractivity contribution in [3.05, 3.63) is 17.7 Å². The maximum Gasteiger partial charge on any atom is 0.343 e. The van der Waals surface area contributed by atoms with Gasteiger partial charge in [-0.3, -0.25) is 0 Å². The van der Waals surface area contributed by atoms with Gasteiger partial charge in [0.25, 0.3) is 0 Å². The molecule has 1 aromatic rings. The van der Waals surface area contributed by atoms with Gasteiger partial charge >= 0.3 is 5.97 Å². The highest BCUT2D eigenvalue weighted by molar-refractivity contribution is 5.92. The fraction of sp³-hybridized carbons (Fsp3) is 0.571. The molecule has 20 heavy (non-hydrogen) atoms. The standard InChI is InChI=1S/C14H20N2O4/c1-4-10-9-16(7-8-20-10)12-6-5-11(14(17)19-3)13(15-12)18-2/h5-6,10H,4,7-9H2,1-3H3. The molecule has 0 saturated carbocycles. The van der Waals surface area contributed by atoms with Gasteiger partial charge in [0.05, 0.1) is 26.9 Å². The molecule has 110 valence electrons. The number of pyridine rings is 1. The molecule has 6 nitrogen and oxygen atoms in total. The SMILES string of the molecule is CCC1CN(c2ccc(C(=O)OC)c(OC)n2)CCO1. The summed E-state index contributed by atoms with van der Waals surface area (Å²) < 4.78 is 15.5. The molecule has 1 aliphatic rings. The smallest absolute Gasteiger partial charge is 0.343 e. The highest BCUT2D eigenvalue weighted by Gasteiger charge is 2.22. The van der Waals surface area contributed by atoms with Gasteiger partial charge in [-0.2, -0.15) is 4.98 Å². The van der Waals surface area contributed by atoms with E-state index in [4.69, 9.17) is 14.2 Å². The van der Waals surface area contributed by atoms with Gasteiger partial charge in [-0.1, -0.05) is 6.92 Å². The maximum atomic E-state index is 11.6. The minimum Gasteiger partial charge on any atom is -0.480 e. The summed E-state index contributed by atoms with van der Waals surface area (Å²) in [7, 11) is 2.83. The van der Waals surface area contributed by atoms with Gasteiger partial charge in [0.1, 0.15) is 11.4 Å². The first-order chi connectivity index (χ1) is 9.69. The van der Waals surface area contributed by atoms with Crippen LogP contribution in [-0.4, -0.2) is 51.0 Å². The van der Waals surface area contributed by atoms with Crippen LogP contribution in [-0.2, 0) is 9.47 Å². The molecule has 1 aliphatic heterocycles. The molecular formula is C14H20N2O4. The minimum atomic E-state index is -0.450. The summed E-state index contributed by atoms with van der Waals surface area (Å²) >= 11 is 0. The van der Waals surface area contributed by atoms with Crippen molar-refractivity contribution in [1.29, 1.82) is 0 Å². The molecule has 0 bridgehead atoms. The van der Waals surface area contributed by atoms with Crippen molar-refractivity contribution in [2.24, 2.45) is 0 Å². The summed E-state index contributed by atoms with van der Waals surface area (Å²) in [5.41, 5.74) is 0.332. The van der Waals surface area contributed by atoms with Crippen LogP contribution in [0, 0.1) is 0 Å². The topological polar surface area (TPSA) is 60.9 Å². The van der Waals surface area contributed by atoms with E-state index in [2.05, 4.69) is 16.8 Å². The Morgan fingerprint density at radius 3 is 2.95 bits per heavy atom. The molecule has 1 saturated heterocycles. The molecule has 1 unspecified atom stereocenters. The lowest BCUT2D eigenvalue weighted by atomic mass is 10.2. The summed E-state index contributed by atoms with van der Waals surface area (Å²) in [6.45, 7) is 4.36. The van der Waals surface area contributed by atoms with E-state index in [0.29, 0.717) is 12.2 Å². The highest BCUT2D eigenvalue weighted by atomic mass is 16.5. The molecule has 0 N–H and O–H groups in total. The second-order valence-electron chi connectivity index (χ2n) is 4.56. The summed E-state index contributed by atoms with van der Waals surface area (Å²) in [5.74, 6) is 0.624. The predicted octanol–water partition coefficient (Wildman–Crippen LogP) is 1.49. The lowest BCUT2D eigenvalue weighted by Crippen LogP contribution is -2.42. The predicted molar refractivity (Wildman–Crippen MR) is 74.4 cm³/mol. The van der Waals surface area contributed by atoms with Gasteiger partial charge in [0, 0.05) is 13.1 Å². The van der Waals surface area contributed by atoms with E-state index >= 15 is 0 Å². The zero-order valence-corrected chi connectivity index (χ0v) is 12.1. The van der Waals surface area contributed by atoms with Crippen molar-refractivity contribution in [2.45, 2.75) is 19.4 Å². The van der Waals surface area contributed by atoms with Gasteiger partial charge in [-0.25, -0.2) is 4.79 Å². The van der Waals surface area contributed by atoms with Crippen LogP contribution in [0.25, 0.3) is 0 Å². The molecule has 1 aromatic heterocycles. The number of hydrogen-bond donors (Lipinski definition) is 0. The van der Waals surface area contributed by atoms with Crippen LogP contribution in [0.15, 0.2) is 12.1 Å². The lowest BCUT2D eigenvalue weighted by molar-refractivity contribution is 0.0381. The van der Waals surface area contributed by atoms with E-state index in [0.717, 1.165) is 25.3 Å². The van der Waals surface area contributed by atoms with Crippen molar-refractivity contribution in [1.82, 2.24) is 4.98 Å². The molecule has 0 amide bonds. The van der Waals surface area contributed by atoms with E-state index < -0.39 is 5.97 Å². The van der Waals surface area contributed by atoms with E-state index in [1.807, 2.05) is 6.07 Å². The van der Waals surface area contributed by atoms with Crippen molar-refractivity contribution in [2.75, 3.05) is 38.8 Å². The molecular weight excluding hydrogens is 260 g/mol. The van der Waals surface area contributed by atoms with E-state index in [-0.39, 0.29) is 12.0 Å². The number of methoxy groups -OCH3 is 2. The average molecular weight is 280 g/mol. The van der Waals surface area contributed by atoms with Crippen molar-refractivity contribution < 1.29 is 19.0 Å². The number of rotatable bonds is 4. The van der Waals surface area contributed by atoms with E-state index in [1.54, 1.807) is 6.07 Å². The van der Waals surface area contributed by atoms with Crippen LogP contribution in [0.2, 0.25) is 0 Å². The summed E-state index contributed by atoms with van der Waals surface area (Å²) in [5, 5.41) is 0. The third-order valence-electron chi connectivity index (χ3n) is 3.36. The first-order valence-electron chi connectivity index (χ1n) is 6.69. The van der Waals surface area contributed by atoms with Crippen molar-refractivity contribution in [3.63, 3.8) is 0 Å². The molecule has 2 heterocycles. The van der Waals surface area contributed by atoms with Crippen LogP contribution in [0.3, 0.4) is 0 Å². The largest absolute Gasteiger partial charge is 0.480 e. The fourth-order valence-electron chi connectivity index (χ4n) is 2.20. The minimum absolute atomic E-state index is 0.219. The van der Waals surface area contributed by atoms with Crippen LogP contribution in [0.1, 0.15) is 23.7 Å². The number of carbonyl (C=O) groups is 1. The van der Waals surface area contributed by atoms with E-state index in [9.17, 15) is 4.79 Å². The molecule has 1 fully saturated rings. The Morgan fingerprint density at radius 1 is 1.50 bits per heavy atom.